The van der Waals surface area contributed by atoms with Crippen molar-refractivity contribution in [3.8, 4) is 0 Å². The van der Waals surface area contributed by atoms with Crippen LogP contribution in [-0.4, -0.2) is 4.98 Å². The topological polar surface area (TPSA) is 12.9 Å². The average Bonchev–Trinajstić information content (AvgIpc) is 2.13. The average molecular weight is 186 g/mol. The van der Waals surface area contributed by atoms with Crippen LogP contribution in [-0.2, 0) is 6.42 Å². The zero-order chi connectivity index (χ0) is 9.56. The highest BCUT2D eigenvalue weighted by Gasteiger charge is 1.96. The van der Waals surface area contributed by atoms with Crippen molar-refractivity contribution in [2.45, 2.75) is 34.1 Å². The highest BCUT2D eigenvalue weighted by Crippen LogP contribution is 2.10. The second-order valence-electron chi connectivity index (χ2n) is 2.25. The van der Waals surface area contributed by atoms with E-state index in [1.54, 1.807) is 0 Å². The van der Waals surface area contributed by atoms with Gasteiger partial charge in [0.1, 0.15) is 5.15 Å². The first-order valence-corrected chi connectivity index (χ1v) is 4.74. The lowest BCUT2D eigenvalue weighted by atomic mass is 10.2. The smallest absolute Gasteiger partial charge is 0.129 e. The molecule has 12 heavy (non-hydrogen) atoms. The van der Waals surface area contributed by atoms with Crippen molar-refractivity contribution in [2.75, 3.05) is 0 Å². The molecule has 0 aliphatic carbocycles. The molecule has 0 amide bonds. The van der Waals surface area contributed by atoms with Gasteiger partial charge in [-0.1, -0.05) is 38.4 Å². The fourth-order valence-corrected chi connectivity index (χ4v) is 1.07. The van der Waals surface area contributed by atoms with Crippen LogP contribution in [0.4, 0.5) is 0 Å². The van der Waals surface area contributed by atoms with Crippen molar-refractivity contribution in [3.63, 3.8) is 0 Å². The molecule has 0 unspecified atom stereocenters. The summed E-state index contributed by atoms with van der Waals surface area (Å²) in [5.41, 5.74) is 2.31. The molecular formula is C10H16ClN. The lowest BCUT2D eigenvalue weighted by molar-refractivity contribution is 1.01. The van der Waals surface area contributed by atoms with Crippen LogP contribution in [0.5, 0.6) is 0 Å². The Morgan fingerprint density at radius 2 is 1.92 bits per heavy atom. The Hall–Kier alpha value is -0.560. The summed E-state index contributed by atoms with van der Waals surface area (Å²) in [6.07, 6.45) is 0.951. The third kappa shape index (κ3) is 3.22. The maximum absolute atomic E-state index is 5.68. The Balaban J connectivity index is 0.000000561. The first-order chi connectivity index (χ1) is 5.74. The van der Waals surface area contributed by atoms with E-state index in [0.717, 1.165) is 12.1 Å². The van der Waals surface area contributed by atoms with Crippen molar-refractivity contribution in [1.29, 1.82) is 0 Å². The fraction of sp³-hybridized carbons (Fsp3) is 0.500. The first-order valence-electron chi connectivity index (χ1n) is 4.36. The van der Waals surface area contributed by atoms with Gasteiger partial charge in [-0.25, -0.2) is 4.98 Å². The zero-order valence-electron chi connectivity index (χ0n) is 8.19. The second kappa shape index (κ2) is 6.01. The molecule has 0 saturated heterocycles. The molecule has 1 heterocycles. The molecule has 1 aromatic rings. The zero-order valence-corrected chi connectivity index (χ0v) is 8.94. The standard InChI is InChI=1S/C8H10ClN.C2H6/c1-3-7-6(2)4-5-8(9)10-7;1-2/h4-5H,3H2,1-2H3;1-2H3. The van der Waals surface area contributed by atoms with Crippen LogP contribution in [0.15, 0.2) is 12.1 Å². The van der Waals surface area contributed by atoms with Gasteiger partial charge in [-0.05, 0) is 25.0 Å². The Morgan fingerprint density at radius 3 is 2.33 bits per heavy atom. The summed E-state index contributed by atoms with van der Waals surface area (Å²) in [6, 6.07) is 3.81. The Kier molecular flexibility index (Phi) is 5.73. The van der Waals surface area contributed by atoms with E-state index in [0.29, 0.717) is 5.15 Å². The molecule has 68 valence electrons. The monoisotopic (exact) mass is 185 g/mol. The lowest BCUT2D eigenvalue weighted by Crippen LogP contribution is -1.90. The minimum Gasteiger partial charge on any atom is -0.241 e. The minimum atomic E-state index is 0.586. The molecule has 0 aliphatic heterocycles. The fourth-order valence-electron chi connectivity index (χ4n) is 0.902. The third-order valence-electron chi connectivity index (χ3n) is 1.50. The molecule has 1 aromatic heterocycles. The predicted octanol–water partition coefficient (Wildman–Crippen LogP) is 3.63. The van der Waals surface area contributed by atoms with Crippen LogP contribution in [0.1, 0.15) is 32.0 Å². The lowest BCUT2D eigenvalue weighted by Gasteiger charge is -1.99. The number of aromatic nitrogens is 1. The molecule has 0 saturated carbocycles. The van der Waals surface area contributed by atoms with E-state index < -0.39 is 0 Å². The van der Waals surface area contributed by atoms with Gasteiger partial charge >= 0.3 is 0 Å². The van der Waals surface area contributed by atoms with E-state index in [1.165, 1.54) is 5.56 Å². The van der Waals surface area contributed by atoms with E-state index in [1.807, 2.05) is 32.9 Å². The van der Waals surface area contributed by atoms with Crippen LogP contribution in [0, 0.1) is 6.92 Å². The van der Waals surface area contributed by atoms with Crippen molar-refractivity contribution in [3.05, 3.63) is 28.5 Å². The van der Waals surface area contributed by atoms with Gasteiger partial charge in [-0.15, -0.1) is 0 Å². The van der Waals surface area contributed by atoms with Gasteiger partial charge in [0, 0.05) is 5.69 Å². The normalized spacial score (nSPS) is 8.75. The molecule has 0 aliphatic rings. The van der Waals surface area contributed by atoms with E-state index >= 15 is 0 Å². The summed E-state index contributed by atoms with van der Waals surface area (Å²) >= 11 is 5.68. The van der Waals surface area contributed by atoms with Crippen LogP contribution >= 0.6 is 11.6 Å². The molecule has 0 spiro atoms. The molecule has 0 aromatic carbocycles. The van der Waals surface area contributed by atoms with E-state index in [4.69, 9.17) is 11.6 Å². The molecule has 1 nitrogen and oxygen atoms in total. The Morgan fingerprint density at radius 1 is 1.33 bits per heavy atom. The van der Waals surface area contributed by atoms with Gasteiger partial charge in [-0.3, -0.25) is 0 Å². The van der Waals surface area contributed by atoms with Gasteiger partial charge in [0.2, 0.25) is 0 Å². The number of hydrogen-bond donors (Lipinski definition) is 0. The number of hydrogen-bond acceptors (Lipinski definition) is 1. The first kappa shape index (κ1) is 11.4. The largest absolute Gasteiger partial charge is 0.241 e. The van der Waals surface area contributed by atoms with Crippen molar-refractivity contribution in [1.82, 2.24) is 4.98 Å². The van der Waals surface area contributed by atoms with Gasteiger partial charge < -0.3 is 0 Å². The van der Waals surface area contributed by atoms with Crippen molar-refractivity contribution in [2.24, 2.45) is 0 Å². The molecule has 0 atom stereocenters. The van der Waals surface area contributed by atoms with Crippen molar-refractivity contribution >= 4 is 11.6 Å². The quantitative estimate of drug-likeness (QED) is 0.609. The van der Waals surface area contributed by atoms with Gasteiger partial charge in [0.15, 0.2) is 0 Å². The number of aryl methyl sites for hydroxylation is 2. The summed E-state index contributed by atoms with van der Waals surface area (Å²) in [5, 5.41) is 0.586. The molecule has 0 bridgehead atoms. The third-order valence-corrected chi connectivity index (χ3v) is 1.71. The minimum absolute atomic E-state index is 0.586. The maximum Gasteiger partial charge on any atom is 0.129 e. The van der Waals surface area contributed by atoms with E-state index in [-0.39, 0.29) is 0 Å². The van der Waals surface area contributed by atoms with Gasteiger partial charge in [0.25, 0.3) is 0 Å². The number of halogens is 1. The molecule has 0 N–H and O–H groups in total. The Labute approximate surface area is 79.8 Å². The summed E-state index contributed by atoms with van der Waals surface area (Å²) in [4.78, 5) is 4.16. The summed E-state index contributed by atoms with van der Waals surface area (Å²) < 4.78 is 0. The van der Waals surface area contributed by atoms with Crippen molar-refractivity contribution < 1.29 is 0 Å². The molecule has 0 radical (unpaired) electrons. The van der Waals surface area contributed by atoms with E-state index in [2.05, 4.69) is 11.9 Å². The molecule has 0 fully saturated rings. The number of rotatable bonds is 1. The Bertz CT molecular complexity index is 233. The van der Waals surface area contributed by atoms with Gasteiger partial charge in [-0.2, -0.15) is 0 Å². The maximum atomic E-state index is 5.68. The second-order valence-corrected chi connectivity index (χ2v) is 2.64. The number of nitrogens with zero attached hydrogens (tertiary/aromatic N) is 1. The van der Waals surface area contributed by atoms with Crippen LogP contribution in [0.2, 0.25) is 5.15 Å². The van der Waals surface area contributed by atoms with Crippen LogP contribution in [0.3, 0.4) is 0 Å². The van der Waals surface area contributed by atoms with E-state index in [9.17, 15) is 0 Å². The number of pyridine rings is 1. The summed E-state index contributed by atoms with van der Waals surface area (Å²) in [6.45, 7) is 8.12. The highest BCUT2D eigenvalue weighted by molar-refractivity contribution is 6.29. The summed E-state index contributed by atoms with van der Waals surface area (Å²) in [7, 11) is 0. The molecular weight excluding hydrogens is 170 g/mol. The SMILES string of the molecule is CC.CCc1nc(Cl)ccc1C. The highest BCUT2D eigenvalue weighted by atomic mass is 35.5. The molecule has 1 rings (SSSR count). The van der Waals surface area contributed by atoms with Crippen LogP contribution in [0.25, 0.3) is 0 Å². The predicted molar refractivity (Wildman–Crippen MR) is 54.7 cm³/mol. The molecule has 2 heteroatoms. The van der Waals surface area contributed by atoms with Crippen LogP contribution < -0.4 is 0 Å². The van der Waals surface area contributed by atoms with Gasteiger partial charge in [0.05, 0.1) is 0 Å². The summed E-state index contributed by atoms with van der Waals surface area (Å²) in [5.74, 6) is 0.